The zero-order chi connectivity index (χ0) is 14.7. The van der Waals surface area contributed by atoms with Crippen LogP contribution in [0.2, 0.25) is 0 Å². The van der Waals surface area contributed by atoms with Crippen LogP contribution in [0, 0.1) is 30.3 Å². The van der Waals surface area contributed by atoms with Crippen LogP contribution in [-0.2, 0) is 11.2 Å². The van der Waals surface area contributed by atoms with Gasteiger partial charge in [-0.3, -0.25) is 35.1 Å². The molecule has 0 aromatic heterocycles. The number of nitrogens with zero attached hydrogens (tertiary/aromatic N) is 3. The number of Topliss-reactive ketones (excluding diaryl/α,β-unsaturated/α-hetero) is 1. The van der Waals surface area contributed by atoms with Crippen LogP contribution in [0.25, 0.3) is 0 Å². The van der Waals surface area contributed by atoms with Gasteiger partial charge in [0.1, 0.15) is 11.3 Å². The fourth-order valence-corrected chi connectivity index (χ4v) is 1.49. The Morgan fingerprint density at radius 2 is 1.42 bits per heavy atom. The molecule has 0 heterocycles. The summed E-state index contributed by atoms with van der Waals surface area (Å²) in [6.07, 6.45) is -0.537. The second-order valence-electron chi connectivity index (χ2n) is 3.61. The molecule has 0 saturated heterocycles. The summed E-state index contributed by atoms with van der Waals surface area (Å²) in [4.78, 5) is 40.2. The van der Waals surface area contributed by atoms with Gasteiger partial charge in [0.15, 0.2) is 0 Å². The Balaban J connectivity index is 3.64. The van der Waals surface area contributed by atoms with Crippen molar-refractivity contribution in [1.29, 1.82) is 0 Å². The van der Waals surface area contributed by atoms with E-state index in [0.29, 0.717) is 12.1 Å². The van der Waals surface area contributed by atoms with Crippen molar-refractivity contribution >= 4 is 22.8 Å². The normalized spacial score (nSPS) is 9.95. The lowest BCUT2D eigenvalue weighted by molar-refractivity contribution is -0.404. The van der Waals surface area contributed by atoms with E-state index in [2.05, 4.69) is 0 Å². The largest absolute Gasteiger partial charge is 0.300 e. The van der Waals surface area contributed by atoms with Gasteiger partial charge in [0.05, 0.1) is 26.9 Å². The fraction of sp³-hybridized carbons (Fsp3) is 0.222. The highest BCUT2D eigenvalue weighted by molar-refractivity contribution is 5.81. The highest BCUT2D eigenvalue weighted by atomic mass is 16.6. The smallest absolute Gasteiger partial charge is 0.286 e. The molecule has 0 fully saturated rings. The van der Waals surface area contributed by atoms with Crippen molar-refractivity contribution in [1.82, 2.24) is 0 Å². The second-order valence-corrected chi connectivity index (χ2v) is 3.61. The van der Waals surface area contributed by atoms with Crippen molar-refractivity contribution in [3.8, 4) is 0 Å². The molecule has 0 radical (unpaired) electrons. The van der Waals surface area contributed by atoms with Gasteiger partial charge >= 0.3 is 0 Å². The maximum absolute atomic E-state index is 11.0. The minimum absolute atomic E-state index is 0.437. The third-order valence-corrected chi connectivity index (χ3v) is 2.22. The monoisotopic (exact) mass is 269 g/mol. The summed E-state index contributed by atoms with van der Waals surface area (Å²) in [5, 5.41) is 32.2. The molecule has 100 valence electrons. The Labute approximate surface area is 105 Å². The molecule has 0 aliphatic rings. The summed E-state index contributed by atoms with van der Waals surface area (Å²) < 4.78 is 0. The number of hydrogen-bond donors (Lipinski definition) is 0. The van der Waals surface area contributed by atoms with Crippen molar-refractivity contribution in [3.05, 3.63) is 48.0 Å². The first-order valence-corrected chi connectivity index (χ1v) is 4.83. The van der Waals surface area contributed by atoms with Gasteiger partial charge in [-0.25, -0.2) is 0 Å². The van der Waals surface area contributed by atoms with Crippen molar-refractivity contribution in [2.24, 2.45) is 0 Å². The first-order chi connectivity index (χ1) is 8.73. The van der Waals surface area contributed by atoms with Crippen LogP contribution < -0.4 is 0 Å². The minimum atomic E-state index is -0.988. The minimum Gasteiger partial charge on any atom is -0.300 e. The molecule has 19 heavy (non-hydrogen) atoms. The summed E-state index contributed by atoms with van der Waals surface area (Å²) in [6.45, 7) is 1.11. The number of hydrogen-bond acceptors (Lipinski definition) is 7. The third-order valence-electron chi connectivity index (χ3n) is 2.22. The molecule has 0 N–H and O–H groups in total. The van der Waals surface area contributed by atoms with Gasteiger partial charge in [0.2, 0.25) is 0 Å². The highest BCUT2D eigenvalue weighted by Gasteiger charge is 2.30. The number of nitro groups is 3. The van der Waals surface area contributed by atoms with Crippen molar-refractivity contribution in [2.45, 2.75) is 13.3 Å². The first-order valence-electron chi connectivity index (χ1n) is 4.83. The molecule has 0 amide bonds. The molecule has 1 rings (SSSR count). The summed E-state index contributed by atoms with van der Waals surface area (Å²) in [7, 11) is 0. The van der Waals surface area contributed by atoms with Crippen LogP contribution in [0.3, 0.4) is 0 Å². The van der Waals surface area contributed by atoms with E-state index >= 15 is 0 Å². The molecule has 1 aromatic rings. The predicted octanol–water partition coefficient (Wildman–Crippen LogP) is 1.54. The van der Waals surface area contributed by atoms with Crippen LogP contribution in [0.4, 0.5) is 17.1 Å². The van der Waals surface area contributed by atoms with Crippen molar-refractivity contribution in [3.63, 3.8) is 0 Å². The average Bonchev–Trinajstić information content (AvgIpc) is 2.27. The Bertz CT molecular complexity index is 560. The lowest BCUT2D eigenvalue weighted by atomic mass is 10.0. The van der Waals surface area contributed by atoms with E-state index in [0.717, 1.165) is 6.92 Å². The number of nitro benzene ring substituents is 3. The number of benzene rings is 1. The maximum atomic E-state index is 11.0. The molecule has 0 aliphatic heterocycles. The highest BCUT2D eigenvalue weighted by Crippen LogP contribution is 2.33. The molecular weight excluding hydrogens is 262 g/mol. The van der Waals surface area contributed by atoms with Gasteiger partial charge in [-0.1, -0.05) is 0 Å². The molecule has 0 unspecified atom stereocenters. The lowest BCUT2D eigenvalue weighted by Gasteiger charge is -2.02. The van der Waals surface area contributed by atoms with Crippen LogP contribution >= 0.6 is 0 Å². The third kappa shape index (κ3) is 3.06. The van der Waals surface area contributed by atoms with Gasteiger partial charge in [0, 0.05) is 6.42 Å². The van der Waals surface area contributed by atoms with Crippen LogP contribution in [-0.4, -0.2) is 20.6 Å². The Hall–Kier alpha value is -2.91. The number of non-ortho nitro benzene ring substituents is 1. The zero-order valence-corrected chi connectivity index (χ0v) is 9.56. The first kappa shape index (κ1) is 14.2. The maximum Gasteiger partial charge on any atom is 0.286 e. The average molecular weight is 269 g/mol. The van der Waals surface area contributed by atoms with E-state index in [1.54, 1.807) is 0 Å². The molecule has 0 aliphatic carbocycles. The zero-order valence-electron chi connectivity index (χ0n) is 9.56. The van der Waals surface area contributed by atoms with Gasteiger partial charge in [0.25, 0.3) is 17.1 Å². The fourth-order valence-electron chi connectivity index (χ4n) is 1.49. The second kappa shape index (κ2) is 5.16. The van der Waals surface area contributed by atoms with Gasteiger partial charge < -0.3 is 0 Å². The molecule has 0 spiro atoms. The summed E-state index contributed by atoms with van der Waals surface area (Å²) in [6, 6.07) is 1.20. The van der Waals surface area contributed by atoms with E-state index < -0.39 is 49.6 Å². The van der Waals surface area contributed by atoms with E-state index in [-0.39, 0.29) is 0 Å². The summed E-state index contributed by atoms with van der Waals surface area (Å²) >= 11 is 0. The van der Waals surface area contributed by atoms with E-state index in [9.17, 15) is 35.1 Å². The molecule has 0 bridgehead atoms. The molecular formula is C9H7N3O7. The molecule has 10 heteroatoms. The van der Waals surface area contributed by atoms with Crippen molar-refractivity contribution < 1.29 is 19.6 Å². The SMILES string of the molecule is CC(=O)Cc1c([N+](=O)[O-])cc([N+](=O)[O-])cc1[N+](=O)[O-]. The molecule has 1 aromatic carbocycles. The van der Waals surface area contributed by atoms with Crippen LogP contribution in [0.5, 0.6) is 0 Å². The lowest BCUT2D eigenvalue weighted by Crippen LogP contribution is -2.06. The van der Waals surface area contributed by atoms with Crippen LogP contribution in [0.15, 0.2) is 12.1 Å². The Kier molecular flexibility index (Phi) is 3.85. The van der Waals surface area contributed by atoms with Gasteiger partial charge in [-0.05, 0) is 6.92 Å². The molecule has 0 saturated carbocycles. The summed E-state index contributed by atoms with van der Waals surface area (Å²) in [5.41, 5.74) is -2.83. The van der Waals surface area contributed by atoms with Gasteiger partial charge in [-0.15, -0.1) is 0 Å². The Morgan fingerprint density at radius 1 is 1.00 bits per heavy atom. The summed E-state index contributed by atoms with van der Waals surface area (Å²) in [5.74, 6) is -0.528. The molecule has 0 atom stereocenters. The predicted molar refractivity (Wildman–Crippen MR) is 60.8 cm³/mol. The van der Waals surface area contributed by atoms with E-state index in [1.165, 1.54) is 0 Å². The molecule has 10 nitrogen and oxygen atoms in total. The standard InChI is InChI=1S/C9H7N3O7/c1-5(13)2-7-8(11(16)17)3-6(10(14)15)4-9(7)12(18)19/h3-4H,2H2,1H3. The number of rotatable bonds is 5. The van der Waals surface area contributed by atoms with Crippen molar-refractivity contribution in [2.75, 3.05) is 0 Å². The quantitative estimate of drug-likeness (QED) is 0.581. The number of carbonyl (C=O) groups is 1. The van der Waals surface area contributed by atoms with E-state index in [4.69, 9.17) is 0 Å². The van der Waals surface area contributed by atoms with Crippen LogP contribution in [0.1, 0.15) is 12.5 Å². The number of carbonyl (C=O) groups excluding carboxylic acids is 1. The Morgan fingerprint density at radius 3 is 1.68 bits per heavy atom. The number of ketones is 1. The van der Waals surface area contributed by atoms with Gasteiger partial charge in [-0.2, -0.15) is 0 Å². The van der Waals surface area contributed by atoms with E-state index in [1.807, 2.05) is 0 Å². The topological polar surface area (TPSA) is 146 Å².